The quantitative estimate of drug-likeness (QED) is 0.432. The third kappa shape index (κ3) is 0.741. The van der Waals surface area contributed by atoms with Gasteiger partial charge in [-0.15, -0.1) is 0 Å². The van der Waals surface area contributed by atoms with E-state index in [-0.39, 0.29) is 41.3 Å². The SMILES string of the molecule is C[C@@H]1C(=O)C2OC2C2(CC(=O)N2)[C@@H]1C. The smallest absolute Gasteiger partial charge is 0.223 e. The van der Waals surface area contributed by atoms with Gasteiger partial charge < -0.3 is 10.1 Å². The fourth-order valence-electron chi connectivity index (χ4n) is 2.88. The molecular weight excluding hydrogens is 182 g/mol. The Morgan fingerprint density at radius 2 is 2.07 bits per heavy atom. The van der Waals surface area contributed by atoms with Crippen LogP contribution in [-0.4, -0.2) is 29.4 Å². The van der Waals surface area contributed by atoms with Crippen LogP contribution in [0.4, 0.5) is 0 Å². The van der Waals surface area contributed by atoms with Crippen molar-refractivity contribution in [1.29, 1.82) is 0 Å². The van der Waals surface area contributed by atoms with E-state index < -0.39 is 0 Å². The van der Waals surface area contributed by atoms with Gasteiger partial charge in [0.25, 0.3) is 0 Å². The van der Waals surface area contributed by atoms with Gasteiger partial charge in [-0.25, -0.2) is 0 Å². The Hall–Kier alpha value is -0.900. The second-order valence-electron chi connectivity index (χ2n) is 4.72. The van der Waals surface area contributed by atoms with Crippen LogP contribution in [-0.2, 0) is 14.3 Å². The van der Waals surface area contributed by atoms with Gasteiger partial charge in [-0.1, -0.05) is 13.8 Å². The normalized spacial score (nSPS) is 55.0. The van der Waals surface area contributed by atoms with E-state index >= 15 is 0 Å². The molecule has 1 aliphatic carbocycles. The average Bonchev–Trinajstić information content (AvgIpc) is 2.87. The van der Waals surface area contributed by atoms with Gasteiger partial charge in [-0.3, -0.25) is 9.59 Å². The molecule has 2 saturated heterocycles. The van der Waals surface area contributed by atoms with Gasteiger partial charge >= 0.3 is 0 Å². The first-order chi connectivity index (χ1) is 6.56. The predicted octanol–water partition coefficient (Wildman–Crippen LogP) is -0.133. The highest BCUT2D eigenvalue weighted by atomic mass is 16.6. The van der Waals surface area contributed by atoms with Gasteiger partial charge in [0.15, 0.2) is 5.78 Å². The van der Waals surface area contributed by atoms with Crippen molar-refractivity contribution >= 4 is 11.7 Å². The molecule has 3 unspecified atom stereocenters. The van der Waals surface area contributed by atoms with Crippen LogP contribution in [0.5, 0.6) is 0 Å². The molecule has 2 heterocycles. The van der Waals surface area contributed by atoms with Gasteiger partial charge in [0.2, 0.25) is 5.91 Å². The van der Waals surface area contributed by atoms with E-state index in [4.69, 9.17) is 4.74 Å². The second kappa shape index (κ2) is 2.19. The lowest BCUT2D eigenvalue weighted by atomic mass is 9.63. The molecule has 4 heteroatoms. The van der Waals surface area contributed by atoms with Gasteiger partial charge in [0.1, 0.15) is 12.2 Å². The summed E-state index contributed by atoms with van der Waals surface area (Å²) in [5, 5.41) is 2.93. The van der Waals surface area contributed by atoms with Crippen molar-refractivity contribution in [2.45, 2.75) is 38.0 Å². The molecule has 76 valence electrons. The molecule has 3 aliphatic rings. The van der Waals surface area contributed by atoms with Gasteiger partial charge in [-0.05, 0) is 5.92 Å². The van der Waals surface area contributed by atoms with Gasteiger partial charge in [-0.2, -0.15) is 0 Å². The number of rotatable bonds is 0. The third-order valence-corrected chi connectivity index (χ3v) is 4.12. The molecule has 0 aromatic carbocycles. The number of ketones is 1. The van der Waals surface area contributed by atoms with E-state index in [0.717, 1.165) is 0 Å². The number of hydrogen-bond donors (Lipinski definition) is 1. The van der Waals surface area contributed by atoms with E-state index in [9.17, 15) is 9.59 Å². The zero-order valence-corrected chi connectivity index (χ0v) is 8.24. The minimum atomic E-state index is -0.234. The molecule has 4 nitrogen and oxygen atoms in total. The van der Waals surface area contributed by atoms with Crippen molar-refractivity contribution in [3.63, 3.8) is 0 Å². The van der Waals surface area contributed by atoms with E-state index in [1.165, 1.54) is 0 Å². The maximum absolute atomic E-state index is 11.6. The highest BCUT2D eigenvalue weighted by molar-refractivity contribution is 5.93. The molecule has 0 aromatic rings. The molecule has 5 atom stereocenters. The number of carbonyl (C=O) groups is 2. The number of Topliss-reactive ketones (excluding diaryl/α,β-unsaturated/α-hetero) is 1. The molecule has 3 fully saturated rings. The number of carbonyl (C=O) groups excluding carboxylic acids is 2. The van der Waals surface area contributed by atoms with Crippen LogP contribution < -0.4 is 5.32 Å². The van der Waals surface area contributed by atoms with Crippen LogP contribution in [0.15, 0.2) is 0 Å². The molecule has 1 amide bonds. The number of ether oxygens (including phenoxy) is 1. The topological polar surface area (TPSA) is 58.7 Å². The van der Waals surface area contributed by atoms with E-state index in [0.29, 0.717) is 6.42 Å². The lowest BCUT2D eigenvalue weighted by Crippen LogP contribution is -2.71. The number of β-lactam (4-membered cyclic amide) rings is 1. The Kier molecular flexibility index (Phi) is 1.31. The Bertz CT molecular complexity index is 330. The fraction of sp³-hybridized carbons (Fsp3) is 0.800. The summed E-state index contributed by atoms with van der Waals surface area (Å²) >= 11 is 0. The van der Waals surface area contributed by atoms with Crippen LogP contribution in [0.1, 0.15) is 20.3 Å². The average molecular weight is 195 g/mol. The molecule has 1 spiro atoms. The number of nitrogens with one attached hydrogen (secondary N) is 1. The summed E-state index contributed by atoms with van der Waals surface area (Å²) in [6, 6.07) is 0. The highest BCUT2D eigenvalue weighted by Gasteiger charge is 2.70. The molecule has 0 radical (unpaired) electrons. The maximum atomic E-state index is 11.6. The summed E-state index contributed by atoms with van der Waals surface area (Å²) in [5.41, 5.74) is -0.227. The Morgan fingerprint density at radius 3 is 2.64 bits per heavy atom. The zero-order valence-electron chi connectivity index (χ0n) is 8.24. The summed E-state index contributed by atoms with van der Waals surface area (Å²) in [6.07, 6.45) is 0.244. The molecule has 0 aromatic heterocycles. The monoisotopic (exact) mass is 195 g/mol. The minimum absolute atomic E-state index is 0.000602. The molecule has 2 aliphatic heterocycles. The molecule has 1 N–H and O–H groups in total. The van der Waals surface area contributed by atoms with Crippen molar-refractivity contribution in [3.8, 4) is 0 Å². The fourth-order valence-corrected chi connectivity index (χ4v) is 2.88. The summed E-state index contributed by atoms with van der Waals surface area (Å²) in [5.74, 6) is 0.470. The number of amides is 1. The lowest BCUT2D eigenvalue weighted by molar-refractivity contribution is -0.141. The Morgan fingerprint density at radius 1 is 1.43 bits per heavy atom. The summed E-state index contributed by atoms with van der Waals surface area (Å²) in [7, 11) is 0. The summed E-state index contributed by atoms with van der Waals surface area (Å²) in [6.45, 7) is 3.96. The number of epoxide rings is 1. The Labute approximate surface area is 82.0 Å². The predicted molar refractivity (Wildman–Crippen MR) is 47.5 cm³/mol. The van der Waals surface area contributed by atoms with Crippen molar-refractivity contribution in [2.24, 2.45) is 11.8 Å². The number of fused-ring (bicyclic) bond motifs is 2. The first-order valence-electron chi connectivity index (χ1n) is 5.06. The van der Waals surface area contributed by atoms with E-state index in [1.54, 1.807) is 0 Å². The van der Waals surface area contributed by atoms with Crippen molar-refractivity contribution in [2.75, 3.05) is 0 Å². The molecular formula is C10H13NO3. The van der Waals surface area contributed by atoms with Crippen LogP contribution in [0.2, 0.25) is 0 Å². The number of hydrogen-bond acceptors (Lipinski definition) is 3. The minimum Gasteiger partial charge on any atom is -0.359 e. The first-order valence-corrected chi connectivity index (χ1v) is 5.06. The van der Waals surface area contributed by atoms with Crippen molar-refractivity contribution in [3.05, 3.63) is 0 Å². The van der Waals surface area contributed by atoms with E-state index in [2.05, 4.69) is 5.32 Å². The highest BCUT2D eigenvalue weighted by Crippen LogP contribution is 2.51. The lowest BCUT2D eigenvalue weighted by Gasteiger charge is -2.49. The van der Waals surface area contributed by atoms with Crippen LogP contribution in [0, 0.1) is 11.8 Å². The molecule has 14 heavy (non-hydrogen) atoms. The zero-order chi connectivity index (χ0) is 10.1. The van der Waals surface area contributed by atoms with E-state index in [1.807, 2.05) is 13.8 Å². The molecule has 0 bridgehead atoms. The summed E-state index contributed by atoms with van der Waals surface area (Å²) in [4.78, 5) is 22.7. The second-order valence-corrected chi connectivity index (χ2v) is 4.72. The third-order valence-electron chi connectivity index (χ3n) is 4.12. The van der Waals surface area contributed by atoms with Gasteiger partial charge in [0, 0.05) is 5.92 Å². The van der Waals surface area contributed by atoms with Gasteiger partial charge in [0.05, 0.1) is 12.0 Å². The summed E-state index contributed by atoms with van der Waals surface area (Å²) < 4.78 is 5.37. The van der Waals surface area contributed by atoms with Crippen LogP contribution in [0.3, 0.4) is 0 Å². The first kappa shape index (κ1) is 8.41. The largest absolute Gasteiger partial charge is 0.359 e. The Balaban J connectivity index is 1.93. The van der Waals surface area contributed by atoms with Crippen molar-refractivity contribution < 1.29 is 14.3 Å². The van der Waals surface area contributed by atoms with Crippen LogP contribution >= 0.6 is 0 Å². The van der Waals surface area contributed by atoms with Crippen molar-refractivity contribution in [1.82, 2.24) is 5.32 Å². The van der Waals surface area contributed by atoms with Crippen LogP contribution in [0.25, 0.3) is 0 Å². The molecule has 1 saturated carbocycles. The maximum Gasteiger partial charge on any atom is 0.223 e. The standard InChI is InChI=1S/C10H13NO3/c1-4-5(2)10(3-6(12)11-10)9-8(14-9)7(4)13/h4-5,8-9H,3H2,1-2H3,(H,11,12)/t4-,5+,8?,9?,10?/m0/s1. The molecule has 3 rings (SSSR count).